The van der Waals surface area contributed by atoms with E-state index in [4.69, 9.17) is 11.6 Å². The number of rotatable bonds is 4. The number of nitrogens with one attached hydrogen (secondary N) is 1. The van der Waals surface area contributed by atoms with Gasteiger partial charge in [0.25, 0.3) is 0 Å². The molecular formula is C16H23ClN2. The third-order valence-electron chi connectivity index (χ3n) is 4.50. The summed E-state index contributed by atoms with van der Waals surface area (Å²) in [4.78, 5) is 2.68. The number of hydrogen-bond donors (Lipinski definition) is 1. The van der Waals surface area contributed by atoms with Crippen LogP contribution in [0.25, 0.3) is 0 Å². The van der Waals surface area contributed by atoms with Gasteiger partial charge in [-0.15, -0.1) is 0 Å². The van der Waals surface area contributed by atoms with E-state index in [0.717, 1.165) is 17.1 Å². The van der Waals surface area contributed by atoms with E-state index >= 15 is 0 Å². The first-order chi connectivity index (χ1) is 9.15. The van der Waals surface area contributed by atoms with E-state index in [1.165, 1.54) is 31.4 Å². The molecule has 19 heavy (non-hydrogen) atoms. The van der Waals surface area contributed by atoms with Crippen molar-refractivity contribution in [1.82, 2.24) is 10.2 Å². The summed E-state index contributed by atoms with van der Waals surface area (Å²) in [5, 5.41) is 4.62. The van der Waals surface area contributed by atoms with Gasteiger partial charge in [-0.3, -0.25) is 4.90 Å². The van der Waals surface area contributed by atoms with E-state index in [1.807, 2.05) is 12.1 Å². The number of benzene rings is 1. The molecule has 3 heteroatoms. The fourth-order valence-corrected chi connectivity index (χ4v) is 3.66. The SMILES string of the molecule is CC1CC(N[C@@H](C)c2ccccc2Cl)CN1C1CC1. The molecule has 1 N–H and O–H groups in total. The Morgan fingerprint density at radius 3 is 2.74 bits per heavy atom. The molecule has 2 nitrogen and oxygen atoms in total. The first kappa shape index (κ1) is 13.4. The summed E-state index contributed by atoms with van der Waals surface area (Å²) in [5.74, 6) is 0. The average molecular weight is 279 g/mol. The van der Waals surface area contributed by atoms with Crippen molar-refractivity contribution in [1.29, 1.82) is 0 Å². The smallest absolute Gasteiger partial charge is 0.0453 e. The van der Waals surface area contributed by atoms with Crippen LogP contribution >= 0.6 is 11.6 Å². The summed E-state index contributed by atoms with van der Waals surface area (Å²) in [6, 6.07) is 10.7. The normalized spacial score (nSPS) is 29.6. The molecule has 104 valence electrons. The summed E-state index contributed by atoms with van der Waals surface area (Å²) in [6.07, 6.45) is 4.06. The molecule has 0 bridgehead atoms. The van der Waals surface area contributed by atoms with Gasteiger partial charge in [-0.05, 0) is 44.7 Å². The monoisotopic (exact) mass is 278 g/mol. The molecule has 2 aliphatic rings. The second kappa shape index (κ2) is 5.43. The molecule has 1 heterocycles. The number of nitrogens with zero attached hydrogens (tertiary/aromatic N) is 1. The predicted octanol–water partition coefficient (Wildman–Crippen LogP) is 3.62. The highest BCUT2D eigenvalue weighted by molar-refractivity contribution is 6.31. The van der Waals surface area contributed by atoms with Crippen LogP contribution < -0.4 is 5.32 Å². The highest BCUT2D eigenvalue weighted by Crippen LogP contribution is 2.34. The van der Waals surface area contributed by atoms with Crippen molar-refractivity contribution in [3.63, 3.8) is 0 Å². The van der Waals surface area contributed by atoms with Crippen molar-refractivity contribution in [2.75, 3.05) is 6.54 Å². The van der Waals surface area contributed by atoms with Gasteiger partial charge in [0.15, 0.2) is 0 Å². The van der Waals surface area contributed by atoms with Gasteiger partial charge in [0, 0.05) is 35.7 Å². The molecule has 1 saturated heterocycles. The molecule has 0 radical (unpaired) electrons. The molecule has 1 saturated carbocycles. The molecule has 2 unspecified atom stereocenters. The Hall–Kier alpha value is -0.570. The Balaban J connectivity index is 1.61. The molecule has 0 aromatic heterocycles. The topological polar surface area (TPSA) is 15.3 Å². The molecule has 1 aromatic carbocycles. The van der Waals surface area contributed by atoms with Crippen LogP contribution in [0.1, 0.15) is 44.7 Å². The molecule has 3 rings (SSSR count). The predicted molar refractivity (Wildman–Crippen MR) is 80.6 cm³/mol. The van der Waals surface area contributed by atoms with Crippen LogP contribution in [0.4, 0.5) is 0 Å². The molecule has 1 aliphatic carbocycles. The van der Waals surface area contributed by atoms with Crippen LogP contribution in [-0.2, 0) is 0 Å². The molecular weight excluding hydrogens is 256 g/mol. The third-order valence-corrected chi connectivity index (χ3v) is 4.84. The summed E-state index contributed by atoms with van der Waals surface area (Å²) >= 11 is 6.27. The largest absolute Gasteiger partial charge is 0.306 e. The Bertz CT molecular complexity index is 444. The summed E-state index contributed by atoms with van der Waals surface area (Å²) in [7, 11) is 0. The Kier molecular flexibility index (Phi) is 3.84. The quantitative estimate of drug-likeness (QED) is 0.905. The van der Waals surface area contributed by atoms with Crippen molar-refractivity contribution in [2.45, 2.75) is 57.3 Å². The van der Waals surface area contributed by atoms with Gasteiger partial charge in [0.1, 0.15) is 0 Å². The lowest BCUT2D eigenvalue weighted by molar-refractivity contribution is 0.254. The van der Waals surface area contributed by atoms with Crippen molar-refractivity contribution in [3.05, 3.63) is 34.9 Å². The maximum absolute atomic E-state index is 6.27. The Morgan fingerprint density at radius 2 is 2.05 bits per heavy atom. The highest BCUT2D eigenvalue weighted by Gasteiger charge is 2.38. The van der Waals surface area contributed by atoms with Gasteiger partial charge in [-0.2, -0.15) is 0 Å². The van der Waals surface area contributed by atoms with Crippen molar-refractivity contribution in [3.8, 4) is 0 Å². The molecule has 2 fully saturated rings. The minimum atomic E-state index is 0.324. The van der Waals surface area contributed by atoms with Crippen molar-refractivity contribution in [2.24, 2.45) is 0 Å². The summed E-state index contributed by atoms with van der Waals surface area (Å²) in [5.41, 5.74) is 1.21. The first-order valence-corrected chi connectivity index (χ1v) is 7.79. The van der Waals surface area contributed by atoms with Crippen LogP contribution in [0.15, 0.2) is 24.3 Å². The van der Waals surface area contributed by atoms with Crippen LogP contribution in [-0.4, -0.2) is 29.6 Å². The van der Waals surface area contributed by atoms with Crippen molar-refractivity contribution < 1.29 is 0 Å². The second-order valence-corrected chi connectivity index (χ2v) is 6.53. The van der Waals surface area contributed by atoms with Crippen molar-refractivity contribution >= 4 is 11.6 Å². The van der Waals surface area contributed by atoms with E-state index in [1.54, 1.807) is 0 Å². The lowest BCUT2D eigenvalue weighted by atomic mass is 10.1. The standard InChI is InChI=1S/C16H23ClN2/c1-11-9-13(10-19(11)14-7-8-14)18-12(2)15-5-3-4-6-16(15)17/h3-6,11-14,18H,7-10H2,1-2H3/t11?,12-,13?/m0/s1. The Morgan fingerprint density at radius 1 is 1.32 bits per heavy atom. The van der Waals surface area contributed by atoms with Crippen LogP contribution in [0.5, 0.6) is 0 Å². The number of halogens is 1. The summed E-state index contributed by atoms with van der Waals surface area (Å²) < 4.78 is 0. The number of hydrogen-bond acceptors (Lipinski definition) is 2. The van der Waals surface area contributed by atoms with E-state index in [-0.39, 0.29) is 0 Å². The molecule has 0 spiro atoms. The molecule has 0 amide bonds. The van der Waals surface area contributed by atoms with E-state index in [0.29, 0.717) is 12.1 Å². The van der Waals surface area contributed by atoms with E-state index in [9.17, 15) is 0 Å². The zero-order valence-corrected chi connectivity index (χ0v) is 12.5. The van der Waals surface area contributed by atoms with E-state index < -0.39 is 0 Å². The lowest BCUT2D eigenvalue weighted by Gasteiger charge is -2.22. The first-order valence-electron chi connectivity index (χ1n) is 7.41. The zero-order valence-electron chi connectivity index (χ0n) is 11.8. The molecule has 1 aromatic rings. The molecule has 1 aliphatic heterocycles. The highest BCUT2D eigenvalue weighted by atomic mass is 35.5. The van der Waals surface area contributed by atoms with Gasteiger partial charge >= 0.3 is 0 Å². The summed E-state index contributed by atoms with van der Waals surface area (Å²) in [6.45, 7) is 5.77. The van der Waals surface area contributed by atoms with Gasteiger partial charge in [0.05, 0.1) is 0 Å². The van der Waals surface area contributed by atoms with Gasteiger partial charge < -0.3 is 5.32 Å². The van der Waals surface area contributed by atoms with Gasteiger partial charge in [0.2, 0.25) is 0 Å². The minimum absolute atomic E-state index is 0.324. The average Bonchev–Trinajstić information content (AvgIpc) is 3.15. The molecule has 3 atom stereocenters. The van der Waals surface area contributed by atoms with Crippen LogP contribution in [0, 0.1) is 0 Å². The van der Waals surface area contributed by atoms with Gasteiger partial charge in [-0.1, -0.05) is 29.8 Å². The fourth-order valence-electron chi connectivity index (χ4n) is 3.36. The Labute approximate surface area is 121 Å². The fraction of sp³-hybridized carbons (Fsp3) is 0.625. The van der Waals surface area contributed by atoms with E-state index in [2.05, 4.69) is 36.2 Å². The maximum Gasteiger partial charge on any atom is 0.0453 e. The zero-order chi connectivity index (χ0) is 13.4. The van der Waals surface area contributed by atoms with Crippen LogP contribution in [0.2, 0.25) is 5.02 Å². The lowest BCUT2D eigenvalue weighted by Crippen LogP contribution is -2.35. The third kappa shape index (κ3) is 2.96. The second-order valence-electron chi connectivity index (χ2n) is 6.12. The maximum atomic E-state index is 6.27. The van der Waals surface area contributed by atoms with Crippen LogP contribution in [0.3, 0.4) is 0 Å². The van der Waals surface area contributed by atoms with Gasteiger partial charge in [-0.25, -0.2) is 0 Å². The minimum Gasteiger partial charge on any atom is -0.306 e. The number of likely N-dealkylation sites (tertiary alicyclic amines) is 1.